The van der Waals surface area contributed by atoms with Gasteiger partial charge in [-0.2, -0.15) is 5.10 Å². The molecule has 0 unspecified atom stereocenters. The van der Waals surface area contributed by atoms with Crippen molar-refractivity contribution in [3.8, 4) is 11.3 Å². The Morgan fingerprint density at radius 2 is 2.12 bits per heavy atom. The van der Waals surface area contributed by atoms with E-state index >= 15 is 0 Å². The number of nitrogens with two attached hydrogens (primary N) is 1. The molecular weight excluding hydrogens is 440 g/mol. The van der Waals surface area contributed by atoms with E-state index in [9.17, 15) is 0 Å². The molecule has 0 atom stereocenters. The number of benzene rings is 1. The maximum atomic E-state index is 6.12. The van der Waals surface area contributed by atoms with Gasteiger partial charge in [0.1, 0.15) is 11.8 Å². The van der Waals surface area contributed by atoms with Crippen LogP contribution in [0.3, 0.4) is 0 Å². The molecule has 11 nitrogen and oxygen atoms in total. The SMILES string of the molecule is CC(C)(C)CNCCn1c(Sc2cc3nnoc3cc2-c2ccn[nH]2)nc2c(N)ncnc21. The Hall–Kier alpha value is -3.51. The van der Waals surface area contributed by atoms with E-state index in [0.717, 1.165) is 34.4 Å². The molecule has 4 heterocycles. The van der Waals surface area contributed by atoms with E-state index in [0.29, 0.717) is 34.6 Å². The van der Waals surface area contributed by atoms with Gasteiger partial charge in [-0.25, -0.2) is 15.0 Å². The summed E-state index contributed by atoms with van der Waals surface area (Å²) >= 11 is 1.50. The number of aromatic amines is 1. The summed E-state index contributed by atoms with van der Waals surface area (Å²) in [4.78, 5) is 14.3. The molecule has 4 N–H and O–H groups in total. The molecule has 0 aliphatic heterocycles. The average molecular weight is 465 g/mol. The second-order valence-electron chi connectivity index (χ2n) is 8.88. The van der Waals surface area contributed by atoms with Gasteiger partial charge in [-0.3, -0.25) is 5.10 Å². The van der Waals surface area contributed by atoms with E-state index in [2.05, 4.69) is 61.2 Å². The van der Waals surface area contributed by atoms with Crippen molar-refractivity contribution in [1.82, 2.24) is 45.4 Å². The Morgan fingerprint density at radius 3 is 2.91 bits per heavy atom. The second-order valence-corrected chi connectivity index (χ2v) is 9.89. The first-order chi connectivity index (χ1) is 15.9. The van der Waals surface area contributed by atoms with Crippen LogP contribution in [-0.4, -0.2) is 53.2 Å². The number of nitrogens with one attached hydrogen (secondary N) is 2. The highest BCUT2D eigenvalue weighted by Gasteiger charge is 2.20. The third kappa shape index (κ3) is 4.39. The summed E-state index contributed by atoms with van der Waals surface area (Å²) in [6.45, 7) is 8.95. The largest absolute Gasteiger partial charge is 0.382 e. The number of hydrogen-bond donors (Lipinski definition) is 3. The molecule has 33 heavy (non-hydrogen) atoms. The van der Waals surface area contributed by atoms with Crippen LogP contribution in [-0.2, 0) is 6.54 Å². The third-order valence-electron chi connectivity index (χ3n) is 5.03. The zero-order valence-electron chi connectivity index (χ0n) is 18.5. The van der Waals surface area contributed by atoms with Crippen molar-refractivity contribution in [2.45, 2.75) is 37.4 Å². The third-order valence-corrected chi connectivity index (χ3v) is 6.09. The number of nitrogen functional groups attached to an aromatic ring is 1. The summed E-state index contributed by atoms with van der Waals surface area (Å²) < 4.78 is 7.34. The van der Waals surface area contributed by atoms with E-state index in [1.807, 2.05) is 18.2 Å². The number of imidazole rings is 1. The highest BCUT2D eigenvalue weighted by atomic mass is 32.2. The second kappa shape index (κ2) is 8.45. The van der Waals surface area contributed by atoms with Gasteiger partial charge in [0, 0.05) is 41.6 Å². The van der Waals surface area contributed by atoms with Crippen molar-refractivity contribution in [3.63, 3.8) is 0 Å². The standard InChI is InChI=1S/C21H24N10OS/c1-21(2,3)10-23-6-7-31-19-17(18(22)24-11-25-19)27-20(31)33-16-9-14-15(32-30-29-14)8-12(16)13-4-5-26-28-13/h4-5,8-9,11,23H,6-7,10H2,1-3H3,(H,26,28)(H2,22,24,25). The van der Waals surface area contributed by atoms with E-state index in [-0.39, 0.29) is 5.41 Å². The highest BCUT2D eigenvalue weighted by Crippen LogP contribution is 2.38. The van der Waals surface area contributed by atoms with Crippen molar-refractivity contribution in [1.29, 1.82) is 0 Å². The van der Waals surface area contributed by atoms with Crippen LogP contribution in [0.2, 0.25) is 0 Å². The van der Waals surface area contributed by atoms with Crippen molar-refractivity contribution in [2.24, 2.45) is 5.41 Å². The first-order valence-corrected chi connectivity index (χ1v) is 11.3. The lowest BCUT2D eigenvalue weighted by molar-refractivity contribution is 0.375. The molecule has 12 heteroatoms. The molecule has 0 aliphatic rings. The van der Waals surface area contributed by atoms with Crippen molar-refractivity contribution >= 4 is 39.8 Å². The number of nitrogens with zero attached hydrogens (tertiary/aromatic N) is 7. The minimum absolute atomic E-state index is 0.196. The molecule has 0 aliphatic carbocycles. The van der Waals surface area contributed by atoms with E-state index < -0.39 is 0 Å². The fraction of sp³-hybridized carbons (Fsp3) is 0.333. The lowest BCUT2D eigenvalue weighted by Crippen LogP contribution is -2.29. The zero-order chi connectivity index (χ0) is 23.0. The predicted molar refractivity (Wildman–Crippen MR) is 126 cm³/mol. The Labute approximate surface area is 193 Å². The normalized spacial score (nSPS) is 12.2. The Bertz CT molecular complexity index is 1400. The molecule has 0 bridgehead atoms. The predicted octanol–water partition coefficient (Wildman–Crippen LogP) is 3.12. The van der Waals surface area contributed by atoms with Gasteiger partial charge in [0.05, 0.1) is 5.69 Å². The van der Waals surface area contributed by atoms with Gasteiger partial charge in [-0.05, 0) is 23.6 Å². The van der Waals surface area contributed by atoms with Gasteiger partial charge in [0.15, 0.2) is 27.7 Å². The Balaban J connectivity index is 1.54. The quantitative estimate of drug-likeness (QED) is 0.307. The molecule has 0 spiro atoms. The van der Waals surface area contributed by atoms with Crippen molar-refractivity contribution < 1.29 is 4.52 Å². The van der Waals surface area contributed by atoms with Gasteiger partial charge in [0.25, 0.3) is 0 Å². The summed E-state index contributed by atoms with van der Waals surface area (Å²) in [6.07, 6.45) is 3.18. The molecule has 0 saturated carbocycles. The summed E-state index contributed by atoms with van der Waals surface area (Å²) in [6, 6.07) is 5.73. The van der Waals surface area contributed by atoms with Crippen LogP contribution >= 0.6 is 11.8 Å². The highest BCUT2D eigenvalue weighted by molar-refractivity contribution is 7.99. The van der Waals surface area contributed by atoms with Crippen LogP contribution in [0.4, 0.5) is 5.82 Å². The molecule has 5 aromatic rings. The number of anilines is 1. The summed E-state index contributed by atoms with van der Waals surface area (Å²) in [5.74, 6) is 0.355. The van der Waals surface area contributed by atoms with Crippen LogP contribution in [0.5, 0.6) is 0 Å². The minimum atomic E-state index is 0.196. The van der Waals surface area contributed by atoms with Gasteiger partial charge in [-0.15, -0.1) is 5.10 Å². The Kier molecular flexibility index (Phi) is 5.46. The van der Waals surface area contributed by atoms with Crippen LogP contribution < -0.4 is 11.1 Å². The Morgan fingerprint density at radius 1 is 1.24 bits per heavy atom. The van der Waals surface area contributed by atoms with Crippen molar-refractivity contribution in [2.75, 3.05) is 18.8 Å². The number of rotatable bonds is 7. The fourth-order valence-corrected chi connectivity index (χ4v) is 4.55. The molecule has 5 rings (SSSR count). The minimum Gasteiger partial charge on any atom is -0.382 e. The maximum Gasteiger partial charge on any atom is 0.188 e. The molecule has 0 radical (unpaired) electrons. The number of hydrogen-bond acceptors (Lipinski definition) is 10. The summed E-state index contributed by atoms with van der Waals surface area (Å²) in [5.41, 5.74) is 10.6. The summed E-state index contributed by atoms with van der Waals surface area (Å²) in [5, 5.41) is 19.1. The lowest BCUT2D eigenvalue weighted by Gasteiger charge is -2.19. The van der Waals surface area contributed by atoms with Gasteiger partial charge >= 0.3 is 0 Å². The molecular formula is C21H24N10OS. The summed E-state index contributed by atoms with van der Waals surface area (Å²) in [7, 11) is 0. The van der Waals surface area contributed by atoms with Crippen LogP contribution in [0, 0.1) is 5.41 Å². The first kappa shape index (κ1) is 21.3. The first-order valence-electron chi connectivity index (χ1n) is 10.5. The number of fused-ring (bicyclic) bond motifs is 2. The fourth-order valence-electron chi connectivity index (χ4n) is 3.48. The number of H-pyrrole nitrogens is 1. The van der Waals surface area contributed by atoms with Gasteiger partial charge in [0.2, 0.25) is 0 Å². The van der Waals surface area contributed by atoms with Crippen LogP contribution in [0.1, 0.15) is 20.8 Å². The van der Waals surface area contributed by atoms with Gasteiger partial charge in [-0.1, -0.05) is 32.5 Å². The molecule has 4 aromatic heterocycles. The van der Waals surface area contributed by atoms with E-state index in [1.54, 1.807) is 6.20 Å². The van der Waals surface area contributed by atoms with Crippen molar-refractivity contribution in [3.05, 3.63) is 30.7 Å². The van der Waals surface area contributed by atoms with E-state index in [4.69, 9.17) is 15.2 Å². The molecule has 0 fully saturated rings. The van der Waals surface area contributed by atoms with E-state index in [1.165, 1.54) is 18.1 Å². The molecule has 0 saturated heterocycles. The average Bonchev–Trinajstić information content (AvgIpc) is 3.51. The lowest BCUT2D eigenvalue weighted by atomic mass is 9.97. The molecule has 1 aromatic carbocycles. The van der Waals surface area contributed by atoms with Crippen LogP contribution in [0.15, 0.2) is 45.3 Å². The number of aromatic nitrogens is 8. The van der Waals surface area contributed by atoms with Crippen LogP contribution in [0.25, 0.3) is 33.5 Å². The zero-order valence-corrected chi connectivity index (χ0v) is 19.3. The molecule has 170 valence electrons. The van der Waals surface area contributed by atoms with Gasteiger partial charge < -0.3 is 20.1 Å². The molecule has 0 amide bonds. The topological polar surface area (TPSA) is 149 Å². The monoisotopic (exact) mass is 464 g/mol. The smallest absolute Gasteiger partial charge is 0.188 e. The maximum absolute atomic E-state index is 6.12.